The van der Waals surface area contributed by atoms with Gasteiger partial charge in [-0.25, -0.2) is 0 Å². The molecular formula is C13H23N3O. The average Bonchev–Trinajstić information content (AvgIpc) is 2.76. The van der Waals surface area contributed by atoms with E-state index in [4.69, 9.17) is 4.74 Å². The molecule has 96 valence electrons. The van der Waals surface area contributed by atoms with Crippen molar-refractivity contribution in [1.82, 2.24) is 15.1 Å². The predicted molar refractivity (Wildman–Crippen MR) is 68.1 cm³/mol. The number of nitrogens with zero attached hydrogens (tertiary/aromatic N) is 2. The zero-order chi connectivity index (χ0) is 11.9. The summed E-state index contributed by atoms with van der Waals surface area (Å²) in [6.07, 6.45) is 10.7. The van der Waals surface area contributed by atoms with Crippen LogP contribution >= 0.6 is 0 Å². The van der Waals surface area contributed by atoms with Gasteiger partial charge in [-0.05, 0) is 25.3 Å². The van der Waals surface area contributed by atoms with Gasteiger partial charge in [-0.1, -0.05) is 19.3 Å². The van der Waals surface area contributed by atoms with Gasteiger partial charge in [0, 0.05) is 13.6 Å². The van der Waals surface area contributed by atoms with Crippen LogP contribution < -0.4 is 10.1 Å². The van der Waals surface area contributed by atoms with Crippen LogP contribution in [0.15, 0.2) is 12.4 Å². The molecule has 1 N–H and O–H groups in total. The number of nitrogens with one attached hydrogen (secondary N) is 1. The number of ether oxygens (including phenoxy) is 1. The zero-order valence-corrected chi connectivity index (χ0v) is 10.7. The highest BCUT2D eigenvalue weighted by Crippen LogP contribution is 2.22. The molecule has 1 aromatic heterocycles. The second-order valence-corrected chi connectivity index (χ2v) is 4.91. The summed E-state index contributed by atoms with van der Waals surface area (Å²) in [5.74, 6) is 1.74. The van der Waals surface area contributed by atoms with Gasteiger partial charge in [0.25, 0.3) is 0 Å². The summed E-state index contributed by atoms with van der Waals surface area (Å²) in [7, 11) is 1.90. The van der Waals surface area contributed by atoms with Gasteiger partial charge in [0.15, 0.2) is 5.75 Å². The molecule has 1 aliphatic carbocycles. The van der Waals surface area contributed by atoms with Crippen molar-refractivity contribution in [1.29, 1.82) is 0 Å². The van der Waals surface area contributed by atoms with Crippen LogP contribution in [0, 0.1) is 5.92 Å². The summed E-state index contributed by atoms with van der Waals surface area (Å²) in [5, 5.41) is 7.54. The standard InChI is InChI=1S/C13H23N3O/c1-16-11-13(10-15-16)17-8-7-14-9-12-5-3-2-4-6-12/h10-12,14H,2-9H2,1H3. The van der Waals surface area contributed by atoms with Crippen LogP contribution in [-0.2, 0) is 7.05 Å². The van der Waals surface area contributed by atoms with E-state index in [0.29, 0.717) is 0 Å². The molecule has 2 rings (SSSR count). The molecule has 0 bridgehead atoms. The highest BCUT2D eigenvalue weighted by molar-refractivity contribution is 5.11. The summed E-state index contributed by atoms with van der Waals surface area (Å²) in [6, 6.07) is 0. The maximum atomic E-state index is 5.57. The Morgan fingerprint density at radius 2 is 2.24 bits per heavy atom. The number of hydrogen-bond donors (Lipinski definition) is 1. The smallest absolute Gasteiger partial charge is 0.157 e. The van der Waals surface area contributed by atoms with E-state index in [1.165, 1.54) is 32.1 Å². The first-order valence-electron chi connectivity index (χ1n) is 6.67. The van der Waals surface area contributed by atoms with Crippen molar-refractivity contribution in [3.63, 3.8) is 0 Å². The SMILES string of the molecule is Cn1cc(OCCNCC2CCCCC2)cn1. The van der Waals surface area contributed by atoms with Crippen LogP contribution in [0.1, 0.15) is 32.1 Å². The second-order valence-electron chi connectivity index (χ2n) is 4.91. The van der Waals surface area contributed by atoms with Crippen molar-refractivity contribution < 1.29 is 4.74 Å². The molecule has 4 heteroatoms. The van der Waals surface area contributed by atoms with Crippen molar-refractivity contribution in [3.8, 4) is 5.75 Å². The third kappa shape index (κ3) is 4.38. The zero-order valence-electron chi connectivity index (χ0n) is 10.7. The molecule has 0 aromatic carbocycles. The molecule has 0 radical (unpaired) electrons. The van der Waals surface area contributed by atoms with Crippen molar-refractivity contribution in [2.24, 2.45) is 13.0 Å². The Kier molecular flexibility index (Phi) is 4.86. The lowest BCUT2D eigenvalue weighted by molar-refractivity contribution is 0.294. The Labute approximate surface area is 103 Å². The maximum absolute atomic E-state index is 5.57. The molecule has 0 unspecified atom stereocenters. The van der Waals surface area contributed by atoms with Crippen LogP contribution in [0.5, 0.6) is 5.75 Å². The lowest BCUT2D eigenvalue weighted by Gasteiger charge is -2.21. The van der Waals surface area contributed by atoms with E-state index in [2.05, 4.69) is 10.4 Å². The molecule has 1 fully saturated rings. The second kappa shape index (κ2) is 6.64. The van der Waals surface area contributed by atoms with E-state index in [1.54, 1.807) is 10.9 Å². The highest BCUT2D eigenvalue weighted by Gasteiger charge is 2.12. The van der Waals surface area contributed by atoms with Crippen molar-refractivity contribution >= 4 is 0 Å². The van der Waals surface area contributed by atoms with Gasteiger partial charge in [0.1, 0.15) is 6.61 Å². The van der Waals surface area contributed by atoms with E-state index in [9.17, 15) is 0 Å². The summed E-state index contributed by atoms with van der Waals surface area (Å²) in [6.45, 7) is 2.79. The predicted octanol–water partition coefficient (Wildman–Crippen LogP) is 1.97. The lowest BCUT2D eigenvalue weighted by Crippen LogP contribution is -2.28. The van der Waals surface area contributed by atoms with Crippen LogP contribution in [-0.4, -0.2) is 29.5 Å². The Hall–Kier alpha value is -1.03. The average molecular weight is 237 g/mol. The Morgan fingerprint density at radius 3 is 2.94 bits per heavy atom. The van der Waals surface area contributed by atoms with Crippen molar-refractivity contribution in [2.75, 3.05) is 19.7 Å². The Bertz CT molecular complexity index is 318. The quantitative estimate of drug-likeness (QED) is 0.769. The van der Waals surface area contributed by atoms with Gasteiger partial charge in [0.2, 0.25) is 0 Å². The van der Waals surface area contributed by atoms with E-state index in [0.717, 1.165) is 31.4 Å². The molecule has 0 spiro atoms. The van der Waals surface area contributed by atoms with Gasteiger partial charge >= 0.3 is 0 Å². The number of hydrogen-bond acceptors (Lipinski definition) is 3. The van der Waals surface area contributed by atoms with Crippen molar-refractivity contribution in [3.05, 3.63) is 12.4 Å². The van der Waals surface area contributed by atoms with Gasteiger partial charge in [-0.2, -0.15) is 5.10 Å². The molecule has 0 saturated heterocycles. The summed E-state index contributed by atoms with van der Waals surface area (Å²) >= 11 is 0. The first-order valence-corrected chi connectivity index (χ1v) is 6.67. The minimum atomic E-state index is 0.721. The third-order valence-corrected chi connectivity index (χ3v) is 3.39. The number of aromatic nitrogens is 2. The Balaban J connectivity index is 1.51. The molecular weight excluding hydrogens is 214 g/mol. The van der Waals surface area contributed by atoms with Gasteiger partial charge < -0.3 is 10.1 Å². The van der Waals surface area contributed by atoms with E-state index in [1.807, 2.05) is 13.2 Å². The maximum Gasteiger partial charge on any atom is 0.157 e. The monoisotopic (exact) mass is 237 g/mol. The molecule has 0 amide bonds. The molecule has 1 aliphatic rings. The topological polar surface area (TPSA) is 39.1 Å². The fourth-order valence-corrected chi connectivity index (χ4v) is 2.41. The number of rotatable bonds is 6. The minimum absolute atomic E-state index is 0.721. The van der Waals surface area contributed by atoms with E-state index < -0.39 is 0 Å². The Morgan fingerprint density at radius 1 is 1.41 bits per heavy atom. The van der Waals surface area contributed by atoms with Crippen molar-refractivity contribution in [2.45, 2.75) is 32.1 Å². The molecule has 0 aliphatic heterocycles. The fraction of sp³-hybridized carbons (Fsp3) is 0.769. The van der Waals surface area contributed by atoms with Gasteiger partial charge in [-0.3, -0.25) is 4.68 Å². The summed E-state index contributed by atoms with van der Waals surface area (Å²) in [5.41, 5.74) is 0. The summed E-state index contributed by atoms with van der Waals surface area (Å²) < 4.78 is 7.33. The van der Waals surface area contributed by atoms with Crippen LogP contribution in [0.25, 0.3) is 0 Å². The molecule has 0 atom stereocenters. The largest absolute Gasteiger partial charge is 0.489 e. The van der Waals surface area contributed by atoms with E-state index in [-0.39, 0.29) is 0 Å². The van der Waals surface area contributed by atoms with E-state index >= 15 is 0 Å². The molecule has 1 aromatic rings. The summed E-state index contributed by atoms with van der Waals surface area (Å²) in [4.78, 5) is 0. The fourth-order valence-electron chi connectivity index (χ4n) is 2.41. The minimum Gasteiger partial charge on any atom is -0.489 e. The molecule has 1 saturated carbocycles. The van der Waals surface area contributed by atoms with Gasteiger partial charge in [0.05, 0.1) is 12.4 Å². The van der Waals surface area contributed by atoms with Crippen LogP contribution in [0.4, 0.5) is 0 Å². The highest BCUT2D eigenvalue weighted by atomic mass is 16.5. The van der Waals surface area contributed by atoms with Gasteiger partial charge in [-0.15, -0.1) is 0 Å². The molecule has 1 heterocycles. The van der Waals surface area contributed by atoms with Crippen LogP contribution in [0.3, 0.4) is 0 Å². The number of aryl methyl sites for hydroxylation is 1. The first kappa shape index (κ1) is 12.4. The molecule has 4 nitrogen and oxygen atoms in total. The lowest BCUT2D eigenvalue weighted by atomic mass is 9.89. The molecule has 17 heavy (non-hydrogen) atoms. The first-order chi connectivity index (χ1) is 8.34. The third-order valence-electron chi connectivity index (χ3n) is 3.39. The van der Waals surface area contributed by atoms with Crippen LogP contribution in [0.2, 0.25) is 0 Å². The normalized spacial score (nSPS) is 17.2.